The van der Waals surface area contributed by atoms with Crippen LogP contribution in [0.4, 0.5) is 0 Å². The first-order valence-electron chi connectivity index (χ1n) is 4.61. The van der Waals surface area contributed by atoms with Gasteiger partial charge in [-0.3, -0.25) is 9.78 Å². The van der Waals surface area contributed by atoms with E-state index in [0.717, 1.165) is 6.42 Å². The lowest BCUT2D eigenvalue weighted by molar-refractivity contribution is -0.331. The first-order chi connectivity index (χ1) is 6.88. The second-order valence-corrected chi connectivity index (χ2v) is 3.13. The quantitative estimate of drug-likeness (QED) is 0.525. The van der Waals surface area contributed by atoms with Gasteiger partial charge < -0.3 is 0 Å². The largest absolute Gasteiger partial charge is 0.289 e. The molecule has 2 rings (SSSR count). The van der Waals surface area contributed by atoms with E-state index in [2.05, 4.69) is 4.98 Å². The minimum absolute atomic E-state index is 0.106. The Morgan fingerprint density at radius 2 is 2.43 bits per heavy atom. The second-order valence-electron chi connectivity index (χ2n) is 3.13. The summed E-state index contributed by atoms with van der Waals surface area (Å²) in [6, 6.07) is 5.24. The van der Waals surface area contributed by atoms with Crippen molar-refractivity contribution in [1.29, 1.82) is 0 Å². The van der Waals surface area contributed by atoms with Gasteiger partial charge in [-0.2, -0.15) is 0 Å². The van der Waals surface area contributed by atoms with Gasteiger partial charge >= 0.3 is 0 Å². The normalized spacial score (nSPS) is 21.9. The van der Waals surface area contributed by atoms with E-state index in [0.29, 0.717) is 18.7 Å². The highest BCUT2D eigenvalue weighted by molar-refractivity contribution is 5.97. The molecule has 1 aromatic rings. The Morgan fingerprint density at radius 3 is 3.07 bits per heavy atom. The number of rotatable bonds is 2. The summed E-state index contributed by atoms with van der Waals surface area (Å²) in [5, 5.41) is 0. The van der Waals surface area contributed by atoms with Crippen LogP contribution in [-0.4, -0.2) is 23.5 Å². The molecule has 1 aliphatic rings. The molecule has 0 spiro atoms. The highest BCUT2D eigenvalue weighted by Gasteiger charge is 2.25. The molecular weight excluding hydrogens is 182 g/mol. The van der Waals surface area contributed by atoms with Crippen LogP contribution in [0.3, 0.4) is 0 Å². The van der Waals surface area contributed by atoms with Gasteiger partial charge in [0.1, 0.15) is 5.69 Å². The van der Waals surface area contributed by atoms with E-state index < -0.39 is 6.10 Å². The Hall–Kier alpha value is -1.26. The lowest BCUT2D eigenvalue weighted by Gasteiger charge is -2.19. The molecule has 0 radical (unpaired) electrons. The smallest absolute Gasteiger partial charge is 0.213 e. The number of hydrogen-bond acceptors (Lipinski definition) is 4. The Labute approximate surface area is 81.8 Å². The summed E-state index contributed by atoms with van der Waals surface area (Å²) < 4.78 is 0. The standard InChI is InChI=1S/C10H11NO3/c12-10(8-4-1-2-6-11-8)9-5-3-7-13-14-9/h1-2,4,6,9H,3,5,7H2. The zero-order valence-corrected chi connectivity index (χ0v) is 7.68. The van der Waals surface area contributed by atoms with Gasteiger partial charge in [-0.1, -0.05) is 6.07 Å². The van der Waals surface area contributed by atoms with E-state index >= 15 is 0 Å². The summed E-state index contributed by atoms with van der Waals surface area (Å²) in [5.74, 6) is -0.106. The lowest BCUT2D eigenvalue weighted by Crippen LogP contribution is -2.29. The molecule has 14 heavy (non-hydrogen) atoms. The van der Waals surface area contributed by atoms with Crippen molar-refractivity contribution in [3.8, 4) is 0 Å². The molecule has 4 heteroatoms. The molecule has 0 saturated carbocycles. The zero-order valence-electron chi connectivity index (χ0n) is 7.68. The Bertz CT molecular complexity index is 306. The van der Waals surface area contributed by atoms with Gasteiger partial charge in [-0.05, 0) is 25.0 Å². The third-order valence-corrected chi connectivity index (χ3v) is 2.09. The van der Waals surface area contributed by atoms with Crippen LogP contribution in [0.1, 0.15) is 23.3 Å². The molecule has 1 aromatic heterocycles. The summed E-state index contributed by atoms with van der Waals surface area (Å²) >= 11 is 0. The predicted octanol–water partition coefficient (Wildman–Crippen LogP) is 1.37. The number of aromatic nitrogens is 1. The van der Waals surface area contributed by atoms with Crippen molar-refractivity contribution in [2.24, 2.45) is 0 Å². The molecule has 1 atom stereocenters. The van der Waals surface area contributed by atoms with Crippen molar-refractivity contribution in [3.05, 3.63) is 30.1 Å². The maximum Gasteiger partial charge on any atom is 0.213 e. The van der Waals surface area contributed by atoms with Gasteiger partial charge in [0, 0.05) is 6.20 Å². The maximum absolute atomic E-state index is 11.7. The Balaban J connectivity index is 2.07. The third-order valence-electron chi connectivity index (χ3n) is 2.09. The molecule has 1 saturated heterocycles. The van der Waals surface area contributed by atoms with Crippen LogP contribution in [0, 0.1) is 0 Å². The molecule has 1 fully saturated rings. The van der Waals surface area contributed by atoms with Crippen LogP contribution in [0.15, 0.2) is 24.4 Å². The topological polar surface area (TPSA) is 48.4 Å². The Kier molecular flexibility index (Phi) is 2.86. The molecule has 0 bridgehead atoms. The van der Waals surface area contributed by atoms with Crippen molar-refractivity contribution in [1.82, 2.24) is 4.98 Å². The minimum atomic E-state index is -0.487. The van der Waals surface area contributed by atoms with Crippen molar-refractivity contribution in [2.45, 2.75) is 18.9 Å². The van der Waals surface area contributed by atoms with E-state index in [4.69, 9.17) is 9.78 Å². The van der Waals surface area contributed by atoms with E-state index in [-0.39, 0.29) is 5.78 Å². The molecule has 2 heterocycles. The highest BCUT2D eigenvalue weighted by Crippen LogP contribution is 2.14. The first-order valence-corrected chi connectivity index (χ1v) is 4.61. The minimum Gasteiger partial charge on any atom is -0.289 e. The van der Waals surface area contributed by atoms with Gasteiger partial charge in [0.15, 0.2) is 6.10 Å². The van der Waals surface area contributed by atoms with Crippen molar-refractivity contribution < 1.29 is 14.6 Å². The number of Topliss-reactive ketones (excluding diaryl/α,β-unsaturated/α-hetero) is 1. The molecular formula is C10H11NO3. The van der Waals surface area contributed by atoms with Crippen molar-refractivity contribution in [2.75, 3.05) is 6.61 Å². The number of nitrogens with zero attached hydrogens (tertiary/aromatic N) is 1. The number of carbonyl (C=O) groups excluding carboxylic acids is 1. The number of pyridine rings is 1. The van der Waals surface area contributed by atoms with Gasteiger partial charge in [0.25, 0.3) is 0 Å². The third kappa shape index (κ3) is 1.97. The average Bonchev–Trinajstić information content (AvgIpc) is 2.30. The van der Waals surface area contributed by atoms with Crippen LogP contribution in [0.2, 0.25) is 0 Å². The molecule has 0 amide bonds. The summed E-state index contributed by atoms with van der Waals surface area (Å²) in [6.45, 7) is 0.562. The fourth-order valence-corrected chi connectivity index (χ4v) is 1.35. The number of hydrogen-bond donors (Lipinski definition) is 0. The Morgan fingerprint density at radius 1 is 1.50 bits per heavy atom. The fourth-order valence-electron chi connectivity index (χ4n) is 1.35. The predicted molar refractivity (Wildman–Crippen MR) is 48.6 cm³/mol. The first kappa shape index (κ1) is 9.30. The van der Waals surface area contributed by atoms with E-state index in [9.17, 15) is 4.79 Å². The van der Waals surface area contributed by atoms with Crippen molar-refractivity contribution in [3.63, 3.8) is 0 Å². The molecule has 1 unspecified atom stereocenters. The molecule has 74 valence electrons. The van der Waals surface area contributed by atoms with Crippen LogP contribution in [0.25, 0.3) is 0 Å². The number of ketones is 1. The van der Waals surface area contributed by atoms with Crippen LogP contribution in [-0.2, 0) is 9.78 Å². The van der Waals surface area contributed by atoms with E-state index in [1.54, 1.807) is 24.4 Å². The summed E-state index contributed by atoms with van der Waals surface area (Å²) in [4.78, 5) is 25.4. The van der Waals surface area contributed by atoms with Gasteiger partial charge in [-0.25, -0.2) is 9.78 Å². The van der Waals surface area contributed by atoms with Gasteiger partial charge in [-0.15, -0.1) is 0 Å². The molecule has 4 nitrogen and oxygen atoms in total. The zero-order chi connectivity index (χ0) is 9.80. The number of carbonyl (C=O) groups is 1. The van der Waals surface area contributed by atoms with Gasteiger partial charge in [0.2, 0.25) is 5.78 Å². The maximum atomic E-state index is 11.7. The summed E-state index contributed by atoms with van der Waals surface area (Å²) in [7, 11) is 0. The lowest BCUT2D eigenvalue weighted by atomic mass is 10.1. The van der Waals surface area contributed by atoms with Crippen LogP contribution in [0.5, 0.6) is 0 Å². The highest BCUT2D eigenvalue weighted by atomic mass is 17.2. The molecule has 0 aromatic carbocycles. The monoisotopic (exact) mass is 193 g/mol. The average molecular weight is 193 g/mol. The molecule has 0 aliphatic carbocycles. The SMILES string of the molecule is O=C(c1ccccn1)C1CCCOO1. The van der Waals surface area contributed by atoms with Crippen LogP contribution >= 0.6 is 0 Å². The molecule has 1 aliphatic heterocycles. The van der Waals surface area contributed by atoms with Gasteiger partial charge in [0.05, 0.1) is 6.61 Å². The van der Waals surface area contributed by atoms with E-state index in [1.165, 1.54) is 0 Å². The second kappa shape index (κ2) is 4.30. The fraction of sp³-hybridized carbons (Fsp3) is 0.400. The van der Waals surface area contributed by atoms with Crippen LogP contribution < -0.4 is 0 Å². The van der Waals surface area contributed by atoms with E-state index in [1.807, 2.05) is 0 Å². The summed E-state index contributed by atoms with van der Waals surface area (Å²) in [6.07, 6.45) is 2.66. The molecule has 0 N–H and O–H groups in total. The summed E-state index contributed by atoms with van der Waals surface area (Å²) in [5.41, 5.74) is 0.433. The van der Waals surface area contributed by atoms with Crippen molar-refractivity contribution >= 4 is 5.78 Å².